The summed E-state index contributed by atoms with van der Waals surface area (Å²) in [7, 11) is 3.10. The highest BCUT2D eigenvalue weighted by atomic mass is 19.4. The Morgan fingerprint density at radius 3 is 2.59 bits per heavy atom. The van der Waals surface area contributed by atoms with Crippen molar-refractivity contribution < 1.29 is 27.4 Å². The number of nitrogens with zero attached hydrogens (tertiary/aromatic N) is 3. The first kappa shape index (κ1) is 20.7. The number of esters is 1. The van der Waals surface area contributed by atoms with E-state index in [0.29, 0.717) is 13.2 Å². The molecule has 27 heavy (non-hydrogen) atoms. The predicted molar refractivity (Wildman–Crippen MR) is 92.8 cm³/mol. The molecule has 0 bridgehead atoms. The maximum Gasteiger partial charge on any atom is 0.416 e. The summed E-state index contributed by atoms with van der Waals surface area (Å²) >= 11 is 0. The molecule has 2 aromatic rings. The maximum atomic E-state index is 13.1. The Hall–Kier alpha value is -2.62. The summed E-state index contributed by atoms with van der Waals surface area (Å²) in [5, 5.41) is 4.18. The fraction of sp³-hybridized carbons (Fsp3) is 0.471. The average molecular weight is 387 g/mol. The molecule has 0 saturated carbocycles. The number of alkyl halides is 3. The van der Waals surface area contributed by atoms with Gasteiger partial charge in [-0.25, -0.2) is 4.68 Å². The van der Waals surface area contributed by atoms with Gasteiger partial charge in [0.2, 0.25) is 0 Å². The molecule has 1 aromatic carbocycles. The van der Waals surface area contributed by atoms with E-state index in [4.69, 9.17) is 9.47 Å². The van der Waals surface area contributed by atoms with Crippen molar-refractivity contribution in [3.8, 4) is 0 Å². The summed E-state index contributed by atoms with van der Waals surface area (Å²) in [5.41, 5.74) is -1.56. The van der Waals surface area contributed by atoms with E-state index in [1.165, 1.54) is 7.11 Å². The molecule has 0 aliphatic rings. The van der Waals surface area contributed by atoms with Gasteiger partial charge in [-0.2, -0.15) is 18.3 Å². The van der Waals surface area contributed by atoms with Gasteiger partial charge in [-0.3, -0.25) is 9.59 Å². The first-order chi connectivity index (χ1) is 12.7. The molecule has 148 valence electrons. The van der Waals surface area contributed by atoms with Gasteiger partial charge in [-0.15, -0.1) is 0 Å². The summed E-state index contributed by atoms with van der Waals surface area (Å²) in [4.78, 5) is 25.9. The first-order valence-electron chi connectivity index (χ1n) is 8.16. The van der Waals surface area contributed by atoms with Crippen LogP contribution < -0.4 is 10.5 Å². The van der Waals surface area contributed by atoms with Crippen LogP contribution in [0.4, 0.5) is 19.0 Å². The van der Waals surface area contributed by atoms with Crippen molar-refractivity contribution in [1.82, 2.24) is 9.78 Å². The van der Waals surface area contributed by atoms with Gasteiger partial charge in [-0.05, 0) is 25.1 Å². The Kier molecular flexibility index (Phi) is 6.42. The van der Waals surface area contributed by atoms with E-state index in [0.717, 1.165) is 22.9 Å². The average Bonchev–Trinajstić information content (AvgIpc) is 2.61. The van der Waals surface area contributed by atoms with Gasteiger partial charge in [-0.1, -0.05) is 0 Å². The van der Waals surface area contributed by atoms with Crippen LogP contribution in [0.15, 0.2) is 23.0 Å². The predicted octanol–water partition coefficient (Wildman–Crippen LogP) is 2.06. The van der Waals surface area contributed by atoms with Gasteiger partial charge in [0.05, 0.1) is 24.2 Å². The molecule has 0 amide bonds. The molecule has 0 N–H and O–H groups in total. The van der Waals surface area contributed by atoms with Crippen LogP contribution in [-0.2, 0) is 27.0 Å². The Morgan fingerprint density at radius 1 is 1.30 bits per heavy atom. The van der Waals surface area contributed by atoms with E-state index in [1.807, 2.05) is 0 Å². The number of benzene rings is 1. The fourth-order valence-corrected chi connectivity index (χ4v) is 2.50. The maximum absolute atomic E-state index is 13.1. The molecule has 0 radical (unpaired) electrons. The minimum absolute atomic E-state index is 0.0292. The molecule has 1 aromatic heterocycles. The van der Waals surface area contributed by atoms with Crippen molar-refractivity contribution in [2.45, 2.75) is 19.6 Å². The van der Waals surface area contributed by atoms with E-state index in [1.54, 1.807) is 18.9 Å². The van der Waals surface area contributed by atoms with Crippen LogP contribution >= 0.6 is 0 Å². The van der Waals surface area contributed by atoms with Gasteiger partial charge in [0.1, 0.15) is 6.54 Å². The monoisotopic (exact) mass is 387 g/mol. The van der Waals surface area contributed by atoms with Crippen molar-refractivity contribution in [2.75, 3.05) is 38.8 Å². The second kappa shape index (κ2) is 8.38. The van der Waals surface area contributed by atoms with Crippen LogP contribution in [0, 0.1) is 0 Å². The molecule has 0 fully saturated rings. The van der Waals surface area contributed by atoms with E-state index in [9.17, 15) is 22.8 Å². The Bertz CT molecular complexity index is 880. The number of halogens is 3. The summed E-state index contributed by atoms with van der Waals surface area (Å²) < 4.78 is 50.0. The van der Waals surface area contributed by atoms with Gasteiger partial charge in [0.25, 0.3) is 5.56 Å². The third kappa shape index (κ3) is 4.76. The van der Waals surface area contributed by atoms with Gasteiger partial charge in [0.15, 0.2) is 5.82 Å². The largest absolute Gasteiger partial charge is 0.465 e. The van der Waals surface area contributed by atoms with Crippen molar-refractivity contribution in [1.29, 1.82) is 0 Å². The van der Waals surface area contributed by atoms with Crippen LogP contribution in [0.25, 0.3) is 10.8 Å². The summed E-state index contributed by atoms with van der Waals surface area (Å²) in [6.45, 7) is 1.95. The van der Waals surface area contributed by atoms with E-state index in [-0.39, 0.29) is 23.2 Å². The standard InChI is InChI=1S/C17H20F3N3O4/c1-4-27-14(24)10-23-16(25)12-6-5-11(17(18,19)20)9-13(12)15(21-23)22(2)7-8-26-3/h5-6,9H,4,7-8,10H2,1-3H3. The van der Waals surface area contributed by atoms with Gasteiger partial charge in [0, 0.05) is 26.1 Å². The molecule has 10 heteroatoms. The molecule has 1 heterocycles. The van der Waals surface area contributed by atoms with Crippen molar-refractivity contribution >= 4 is 22.6 Å². The van der Waals surface area contributed by atoms with Gasteiger partial charge >= 0.3 is 12.1 Å². The number of hydrogen-bond acceptors (Lipinski definition) is 6. The number of likely N-dealkylation sites (N-methyl/N-ethyl adjacent to an activating group) is 1. The minimum Gasteiger partial charge on any atom is -0.465 e. The molecule has 2 rings (SSSR count). The number of aromatic nitrogens is 2. The number of hydrogen-bond donors (Lipinski definition) is 0. The third-order valence-corrected chi connectivity index (χ3v) is 3.84. The second-order valence-electron chi connectivity index (χ2n) is 5.76. The highest BCUT2D eigenvalue weighted by Crippen LogP contribution is 2.32. The fourth-order valence-electron chi connectivity index (χ4n) is 2.50. The third-order valence-electron chi connectivity index (χ3n) is 3.84. The van der Waals surface area contributed by atoms with E-state index < -0.39 is 29.8 Å². The number of methoxy groups -OCH3 is 1. The lowest BCUT2D eigenvalue weighted by atomic mass is 10.1. The lowest BCUT2D eigenvalue weighted by Crippen LogP contribution is -2.32. The molecule has 0 aliphatic heterocycles. The molecule has 7 nitrogen and oxygen atoms in total. The number of carbonyl (C=O) groups excluding carboxylic acids is 1. The quantitative estimate of drug-likeness (QED) is 0.677. The summed E-state index contributed by atoms with van der Waals surface area (Å²) in [5.74, 6) is -0.527. The zero-order chi connectivity index (χ0) is 20.2. The molecule has 0 saturated heterocycles. The normalized spacial score (nSPS) is 11.6. The SMILES string of the molecule is CCOC(=O)Cn1nc(N(C)CCOC)c2cc(C(F)(F)F)ccc2c1=O. The van der Waals surface area contributed by atoms with Gasteiger partial charge < -0.3 is 14.4 Å². The topological polar surface area (TPSA) is 73.7 Å². The number of rotatable bonds is 7. The van der Waals surface area contributed by atoms with Crippen LogP contribution in [0.3, 0.4) is 0 Å². The van der Waals surface area contributed by atoms with Crippen LogP contribution in [0.1, 0.15) is 12.5 Å². The van der Waals surface area contributed by atoms with Crippen molar-refractivity contribution in [2.24, 2.45) is 0 Å². The summed E-state index contributed by atoms with van der Waals surface area (Å²) in [6.07, 6.45) is -4.56. The number of carbonyl (C=O) groups is 1. The molecular weight excluding hydrogens is 367 g/mol. The molecule has 0 unspecified atom stereocenters. The molecule has 0 spiro atoms. The second-order valence-corrected chi connectivity index (χ2v) is 5.76. The molecule has 0 aliphatic carbocycles. The van der Waals surface area contributed by atoms with Crippen LogP contribution in [0.5, 0.6) is 0 Å². The zero-order valence-electron chi connectivity index (χ0n) is 15.2. The van der Waals surface area contributed by atoms with Crippen molar-refractivity contribution in [3.63, 3.8) is 0 Å². The first-order valence-corrected chi connectivity index (χ1v) is 8.16. The highest BCUT2D eigenvalue weighted by molar-refractivity contribution is 5.92. The smallest absolute Gasteiger partial charge is 0.416 e. The van der Waals surface area contributed by atoms with Crippen LogP contribution in [0.2, 0.25) is 0 Å². The van der Waals surface area contributed by atoms with E-state index >= 15 is 0 Å². The Balaban J connectivity index is 2.65. The molecular formula is C17H20F3N3O4. The Labute approximate surface area is 153 Å². The van der Waals surface area contributed by atoms with Crippen LogP contribution in [-0.4, -0.2) is 49.7 Å². The number of fused-ring (bicyclic) bond motifs is 1. The number of ether oxygens (including phenoxy) is 2. The lowest BCUT2D eigenvalue weighted by molar-refractivity contribution is -0.144. The van der Waals surface area contributed by atoms with Crippen molar-refractivity contribution in [3.05, 3.63) is 34.1 Å². The summed E-state index contributed by atoms with van der Waals surface area (Å²) in [6, 6.07) is 2.81. The molecule has 0 atom stereocenters. The zero-order valence-corrected chi connectivity index (χ0v) is 15.2. The number of anilines is 1. The van der Waals surface area contributed by atoms with E-state index in [2.05, 4.69) is 5.10 Å². The minimum atomic E-state index is -4.56. The Morgan fingerprint density at radius 2 is 2.00 bits per heavy atom. The lowest BCUT2D eigenvalue weighted by Gasteiger charge is -2.21. The highest BCUT2D eigenvalue weighted by Gasteiger charge is 2.31.